The van der Waals surface area contributed by atoms with Gasteiger partial charge in [0.1, 0.15) is 12.1 Å². The molecule has 1 aliphatic heterocycles. The molecule has 3 N–H and O–H groups in total. The molecule has 158 valence electrons. The molecule has 0 spiro atoms. The van der Waals surface area contributed by atoms with Crippen molar-refractivity contribution < 1.29 is 19.4 Å². The topological polar surface area (TPSA) is 129 Å². The normalized spacial score (nSPS) is 14.4. The second kappa shape index (κ2) is 9.06. The van der Waals surface area contributed by atoms with E-state index in [1.165, 1.54) is 0 Å². The quantitative estimate of drug-likeness (QED) is 0.474. The molecule has 0 aliphatic carbocycles. The van der Waals surface area contributed by atoms with Crippen molar-refractivity contribution in [2.75, 3.05) is 18.4 Å². The second-order valence-electron chi connectivity index (χ2n) is 7.14. The van der Waals surface area contributed by atoms with E-state index in [1.807, 2.05) is 18.2 Å². The highest BCUT2D eigenvalue weighted by atomic mass is 16.5. The monoisotopic (exact) mass is 412 g/mol. The van der Waals surface area contributed by atoms with Crippen molar-refractivity contribution in [3.05, 3.63) is 48.3 Å². The molecule has 0 saturated heterocycles. The third-order valence-corrected chi connectivity index (χ3v) is 5.09. The molecule has 1 amide bonds. The van der Waals surface area contributed by atoms with Gasteiger partial charge in [-0.15, -0.1) is 10.2 Å². The van der Waals surface area contributed by atoms with Crippen LogP contribution in [0.5, 0.6) is 0 Å². The summed E-state index contributed by atoms with van der Waals surface area (Å²) < 4.78 is 7.14. The number of hydrogen-bond acceptors (Lipinski definition) is 8. The minimum Gasteiger partial charge on any atom is -0.467 e. The van der Waals surface area contributed by atoms with Crippen LogP contribution in [0.15, 0.2) is 41.4 Å². The number of carbonyl (C=O) groups is 1. The first-order chi connectivity index (χ1) is 14.6. The number of hydrogen-bond donors (Lipinski definition) is 3. The van der Waals surface area contributed by atoms with Gasteiger partial charge in [-0.1, -0.05) is 6.08 Å². The number of amides is 1. The lowest BCUT2D eigenvalue weighted by atomic mass is 10.0. The van der Waals surface area contributed by atoms with E-state index >= 15 is 0 Å². The number of nitrogens with one attached hydrogen (secondary N) is 1. The van der Waals surface area contributed by atoms with Gasteiger partial charge in [-0.25, -0.2) is 4.98 Å². The number of fused-ring (bicyclic) bond motifs is 1. The number of aliphatic hydroxyl groups excluding tert-OH is 1. The summed E-state index contributed by atoms with van der Waals surface area (Å²) in [5.74, 6) is 1.44. The van der Waals surface area contributed by atoms with Crippen molar-refractivity contribution in [2.45, 2.75) is 38.5 Å². The lowest BCUT2D eigenvalue weighted by Crippen LogP contribution is -2.34. The van der Waals surface area contributed by atoms with Gasteiger partial charge in [0.15, 0.2) is 11.9 Å². The van der Waals surface area contributed by atoms with E-state index < -0.39 is 6.29 Å². The fourth-order valence-electron chi connectivity index (χ4n) is 3.49. The molecule has 4 rings (SSSR count). The predicted octanol–water partition coefficient (Wildman–Crippen LogP) is 1.43. The molecule has 0 atom stereocenters. The van der Waals surface area contributed by atoms with Gasteiger partial charge in [-0.2, -0.15) is 0 Å². The summed E-state index contributed by atoms with van der Waals surface area (Å²) in [5.41, 5.74) is 2.68. The van der Waals surface area contributed by atoms with E-state index in [0.717, 1.165) is 16.9 Å². The molecule has 10 heteroatoms. The van der Waals surface area contributed by atoms with Crippen molar-refractivity contribution in [1.82, 2.24) is 24.5 Å². The second-order valence-corrected chi connectivity index (χ2v) is 7.14. The van der Waals surface area contributed by atoms with Crippen LogP contribution in [0.2, 0.25) is 0 Å². The zero-order valence-corrected chi connectivity index (χ0v) is 16.4. The lowest BCUT2D eigenvalue weighted by molar-refractivity contribution is -0.131. The zero-order chi connectivity index (χ0) is 20.9. The number of aromatic nitrogens is 4. The molecule has 0 fully saturated rings. The van der Waals surface area contributed by atoms with Crippen LogP contribution in [0, 0.1) is 0 Å². The Morgan fingerprint density at radius 3 is 3.00 bits per heavy atom. The molecule has 4 heterocycles. The van der Waals surface area contributed by atoms with Gasteiger partial charge in [0, 0.05) is 31.3 Å². The molecule has 30 heavy (non-hydrogen) atoms. The zero-order valence-electron chi connectivity index (χ0n) is 16.4. The molecule has 0 saturated carbocycles. The molecule has 3 aromatic rings. The highest BCUT2D eigenvalue weighted by molar-refractivity contribution is 5.80. The highest BCUT2D eigenvalue weighted by Crippen LogP contribution is 2.26. The van der Waals surface area contributed by atoms with Crippen LogP contribution in [0.4, 0.5) is 5.95 Å². The van der Waals surface area contributed by atoms with Crippen LogP contribution in [0.1, 0.15) is 37.0 Å². The van der Waals surface area contributed by atoms with E-state index in [1.54, 1.807) is 28.1 Å². The Kier molecular flexibility index (Phi) is 6.05. The van der Waals surface area contributed by atoms with Gasteiger partial charge in [-0.3, -0.25) is 9.20 Å². The molecular weight excluding hydrogens is 388 g/mol. The smallest absolute Gasteiger partial charge is 0.222 e. The Morgan fingerprint density at radius 1 is 1.37 bits per heavy atom. The van der Waals surface area contributed by atoms with Gasteiger partial charge in [0.05, 0.1) is 12.8 Å². The average Bonchev–Trinajstić information content (AvgIpc) is 3.44. The predicted molar refractivity (Wildman–Crippen MR) is 108 cm³/mol. The first kappa shape index (κ1) is 20.0. The van der Waals surface area contributed by atoms with Crippen molar-refractivity contribution in [3.8, 4) is 0 Å². The van der Waals surface area contributed by atoms with Crippen LogP contribution in [0.3, 0.4) is 0 Å². The Morgan fingerprint density at radius 2 is 2.27 bits per heavy atom. The SMILES string of the molecule is O=C(CCCC(O)O)N1CC=C(c2cnc(NCc3ccco3)n3cnnc23)CC1. The van der Waals surface area contributed by atoms with Gasteiger partial charge in [-0.05, 0) is 37.0 Å². The summed E-state index contributed by atoms with van der Waals surface area (Å²) in [4.78, 5) is 18.6. The van der Waals surface area contributed by atoms with Crippen LogP contribution < -0.4 is 5.32 Å². The first-order valence-corrected chi connectivity index (χ1v) is 9.90. The molecule has 0 radical (unpaired) electrons. The number of furan rings is 1. The highest BCUT2D eigenvalue weighted by Gasteiger charge is 2.20. The van der Waals surface area contributed by atoms with Crippen LogP contribution in [-0.4, -0.2) is 60.0 Å². The molecule has 0 unspecified atom stereocenters. The molecule has 1 aliphatic rings. The Balaban J connectivity index is 1.44. The third kappa shape index (κ3) is 4.50. The van der Waals surface area contributed by atoms with Gasteiger partial charge in [0.2, 0.25) is 11.9 Å². The molecule has 10 nitrogen and oxygen atoms in total. The fourth-order valence-corrected chi connectivity index (χ4v) is 3.49. The molecule has 3 aromatic heterocycles. The molecular formula is C20H24N6O4. The number of aliphatic hydroxyl groups is 2. The Labute approximate surface area is 172 Å². The number of anilines is 1. The summed E-state index contributed by atoms with van der Waals surface area (Å²) in [6.45, 7) is 1.61. The number of rotatable bonds is 8. The van der Waals surface area contributed by atoms with E-state index in [9.17, 15) is 4.79 Å². The lowest BCUT2D eigenvalue weighted by Gasteiger charge is -2.27. The minimum absolute atomic E-state index is 0.0224. The Hall–Kier alpha value is -3.24. The maximum Gasteiger partial charge on any atom is 0.222 e. The van der Waals surface area contributed by atoms with Crippen molar-refractivity contribution in [1.29, 1.82) is 0 Å². The molecule has 0 bridgehead atoms. The van der Waals surface area contributed by atoms with Gasteiger partial charge in [0.25, 0.3) is 0 Å². The number of nitrogens with zero attached hydrogens (tertiary/aromatic N) is 5. The summed E-state index contributed by atoms with van der Waals surface area (Å²) in [6.07, 6.45) is 7.35. The fraction of sp³-hybridized carbons (Fsp3) is 0.400. The summed E-state index contributed by atoms with van der Waals surface area (Å²) in [7, 11) is 0. The number of carbonyl (C=O) groups excluding carboxylic acids is 1. The van der Waals surface area contributed by atoms with Crippen molar-refractivity contribution in [2.24, 2.45) is 0 Å². The summed E-state index contributed by atoms with van der Waals surface area (Å²) in [6, 6.07) is 3.72. The maximum atomic E-state index is 12.3. The van der Waals surface area contributed by atoms with E-state index in [-0.39, 0.29) is 12.3 Å². The van der Waals surface area contributed by atoms with Gasteiger partial charge < -0.3 is 24.8 Å². The Bertz CT molecular complexity index is 1030. The minimum atomic E-state index is -1.36. The molecule has 0 aromatic carbocycles. The van der Waals surface area contributed by atoms with E-state index in [0.29, 0.717) is 50.5 Å². The van der Waals surface area contributed by atoms with Crippen LogP contribution >= 0.6 is 0 Å². The third-order valence-electron chi connectivity index (χ3n) is 5.09. The average molecular weight is 412 g/mol. The van der Waals surface area contributed by atoms with Crippen LogP contribution in [0.25, 0.3) is 11.2 Å². The standard InChI is InChI=1S/C20H24N6O4/c27-17(4-1-5-18(28)29)25-8-6-14(7-9-25)16-12-22-20(26-13-23-24-19(16)26)21-11-15-3-2-10-30-15/h2-3,6,10,12-13,18,28-29H,1,4-5,7-9,11H2,(H,21,22). The van der Waals surface area contributed by atoms with Crippen LogP contribution in [-0.2, 0) is 11.3 Å². The van der Waals surface area contributed by atoms with Crippen molar-refractivity contribution >= 4 is 23.1 Å². The largest absolute Gasteiger partial charge is 0.467 e. The summed E-state index contributed by atoms with van der Waals surface area (Å²) >= 11 is 0. The van der Waals surface area contributed by atoms with E-state index in [2.05, 4.69) is 20.5 Å². The van der Waals surface area contributed by atoms with Crippen molar-refractivity contribution in [3.63, 3.8) is 0 Å². The first-order valence-electron chi connectivity index (χ1n) is 9.90. The summed E-state index contributed by atoms with van der Waals surface area (Å²) in [5, 5.41) is 29.3. The van der Waals surface area contributed by atoms with E-state index in [4.69, 9.17) is 14.6 Å². The van der Waals surface area contributed by atoms with Gasteiger partial charge >= 0.3 is 0 Å². The maximum absolute atomic E-state index is 12.3.